The topological polar surface area (TPSA) is 92.4 Å². The minimum absolute atomic E-state index is 0.360. The van der Waals surface area contributed by atoms with Crippen molar-refractivity contribution in [2.45, 2.75) is 0 Å². The summed E-state index contributed by atoms with van der Waals surface area (Å²) >= 11 is 0. The van der Waals surface area contributed by atoms with Gasteiger partial charge in [-0.3, -0.25) is 4.79 Å². The number of hydrogen-bond donors (Lipinski definition) is 2. The molecule has 0 aliphatic rings. The highest BCUT2D eigenvalue weighted by Gasteiger charge is 2.10. The number of aliphatic hydroxyl groups is 1. The van der Waals surface area contributed by atoms with Gasteiger partial charge in [0, 0.05) is 29.7 Å². The lowest BCUT2D eigenvalue weighted by Crippen LogP contribution is -2.09. The Balaban J connectivity index is 2.23. The van der Waals surface area contributed by atoms with Crippen LogP contribution in [0.15, 0.2) is 49.1 Å². The number of aromatic nitrogens is 2. The third kappa shape index (κ3) is 2.86. The molecular weight excluding hydrogens is 248 g/mol. The van der Waals surface area contributed by atoms with Gasteiger partial charge in [0.25, 0.3) is 5.78 Å². The van der Waals surface area contributed by atoms with Crippen molar-refractivity contribution in [3.8, 4) is 5.69 Å². The van der Waals surface area contributed by atoms with Crippen molar-refractivity contribution < 1.29 is 19.8 Å². The third-order valence-electron chi connectivity index (χ3n) is 2.44. The Hall–Kier alpha value is -2.89. The summed E-state index contributed by atoms with van der Waals surface area (Å²) in [5.74, 6) is -3.16. The van der Waals surface area contributed by atoms with Gasteiger partial charge in [-0.25, -0.2) is 9.78 Å². The zero-order valence-electron chi connectivity index (χ0n) is 9.72. The number of nitrogens with zero attached hydrogens (tertiary/aromatic N) is 2. The zero-order chi connectivity index (χ0) is 13.8. The van der Waals surface area contributed by atoms with Gasteiger partial charge < -0.3 is 14.8 Å². The number of carbonyl (C=O) groups excluding carboxylic acids is 1. The Morgan fingerprint density at radius 3 is 2.37 bits per heavy atom. The van der Waals surface area contributed by atoms with Gasteiger partial charge in [-0.1, -0.05) is 0 Å². The Morgan fingerprint density at radius 2 is 1.84 bits per heavy atom. The average Bonchev–Trinajstić information content (AvgIpc) is 2.92. The number of carboxylic acids is 1. The molecule has 2 aromatic rings. The maximum atomic E-state index is 10.9. The van der Waals surface area contributed by atoms with Crippen molar-refractivity contribution in [1.29, 1.82) is 0 Å². The monoisotopic (exact) mass is 258 g/mol. The molecule has 1 heterocycles. The first kappa shape index (κ1) is 12.6. The fourth-order valence-electron chi connectivity index (χ4n) is 1.49. The van der Waals surface area contributed by atoms with Crippen LogP contribution in [0.4, 0.5) is 0 Å². The van der Waals surface area contributed by atoms with Gasteiger partial charge in [0.05, 0.1) is 6.33 Å². The van der Waals surface area contributed by atoms with Gasteiger partial charge >= 0.3 is 5.97 Å². The molecule has 6 heteroatoms. The zero-order valence-corrected chi connectivity index (χ0v) is 9.72. The summed E-state index contributed by atoms with van der Waals surface area (Å²) in [6.07, 6.45) is 5.70. The van der Waals surface area contributed by atoms with Crippen LogP contribution in [0.3, 0.4) is 0 Å². The molecule has 0 spiro atoms. The summed E-state index contributed by atoms with van der Waals surface area (Å²) < 4.78 is 1.77. The molecule has 19 heavy (non-hydrogen) atoms. The van der Waals surface area contributed by atoms with Crippen LogP contribution < -0.4 is 0 Å². The first-order valence-electron chi connectivity index (χ1n) is 5.34. The Kier molecular flexibility index (Phi) is 3.42. The van der Waals surface area contributed by atoms with Gasteiger partial charge in [-0.05, 0) is 24.3 Å². The van der Waals surface area contributed by atoms with E-state index in [0.717, 1.165) is 5.69 Å². The van der Waals surface area contributed by atoms with E-state index >= 15 is 0 Å². The highest BCUT2D eigenvalue weighted by molar-refractivity contribution is 6.38. The second kappa shape index (κ2) is 5.18. The lowest BCUT2D eigenvalue weighted by atomic mass is 10.1. The SMILES string of the molecule is O=C(O)C(=O)C=C(O)c1ccc(-n2ccnc2)cc1. The van der Waals surface area contributed by atoms with Gasteiger partial charge in [-0.2, -0.15) is 0 Å². The summed E-state index contributed by atoms with van der Waals surface area (Å²) in [4.78, 5) is 25.2. The number of aliphatic carboxylic acids is 1. The highest BCUT2D eigenvalue weighted by atomic mass is 16.4. The molecule has 0 saturated heterocycles. The lowest BCUT2D eigenvalue weighted by molar-refractivity contribution is -0.146. The van der Waals surface area contributed by atoms with E-state index < -0.39 is 11.8 Å². The third-order valence-corrected chi connectivity index (χ3v) is 2.44. The molecule has 1 aromatic heterocycles. The van der Waals surface area contributed by atoms with E-state index in [-0.39, 0.29) is 5.76 Å². The molecule has 6 nitrogen and oxygen atoms in total. The Bertz CT molecular complexity index is 627. The molecule has 96 valence electrons. The summed E-state index contributed by atoms with van der Waals surface area (Å²) in [6.45, 7) is 0. The normalized spacial score (nSPS) is 11.3. The number of carboxylic acid groups (broad SMARTS) is 1. The van der Waals surface area contributed by atoms with Gasteiger partial charge in [0.15, 0.2) is 0 Å². The number of imidazole rings is 1. The smallest absolute Gasteiger partial charge is 0.376 e. The van der Waals surface area contributed by atoms with Crippen molar-refractivity contribution in [1.82, 2.24) is 9.55 Å². The standard InChI is InChI=1S/C13H10N2O4/c16-11(7-12(17)13(18)19)9-1-3-10(4-2-9)15-6-5-14-8-15/h1-8,16H,(H,18,19). The van der Waals surface area contributed by atoms with E-state index in [2.05, 4.69) is 4.98 Å². The average molecular weight is 258 g/mol. The van der Waals surface area contributed by atoms with Crippen LogP contribution in [0.5, 0.6) is 0 Å². The van der Waals surface area contributed by atoms with Crippen molar-refractivity contribution in [2.24, 2.45) is 0 Å². The Labute approximate surface area is 108 Å². The Morgan fingerprint density at radius 1 is 1.16 bits per heavy atom. The number of benzene rings is 1. The van der Waals surface area contributed by atoms with E-state index in [4.69, 9.17) is 5.11 Å². The summed E-state index contributed by atoms with van der Waals surface area (Å²) in [5, 5.41) is 18.1. The first-order chi connectivity index (χ1) is 9.08. The van der Waals surface area contributed by atoms with Crippen LogP contribution in [0.1, 0.15) is 5.56 Å². The molecule has 0 amide bonds. The number of rotatable bonds is 4. The van der Waals surface area contributed by atoms with E-state index in [0.29, 0.717) is 11.6 Å². The molecule has 0 aliphatic carbocycles. The van der Waals surface area contributed by atoms with Crippen molar-refractivity contribution in [3.63, 3.8) is 0 Å². The van der Waals surface area contributed by atoms with Gasteiger partial charge in [-0.15, -0.1) is 0 Å². The number of hydrogen-bond acceptors (Lipinski definition) is 4. The molecule has 0 bridgehead atoms. The molecule has 0 radical (unpaired) electrons. The van der Waals surface area contributed by atoms with Crippen molar-refractivity contribution in [2.75, 3.05) is 0 Å². The van der Waals surface area contributed by atoms with E-state index in [9.17, 15) is 14.7 Å². The number of aliphatic hydroxyl groups excluding tert-OH is 1. The summed E-state index contributed by atoms with van der Waals surface area (Å²) in [6, 6.07) is 6.59. The van der Waals surface area contributed by atoms with Crippen LogP contribution in [0, 0.1) is 0 Å². The van der Waals surface area contributed by atoms with Crippen molar-refractivity contribution >= 4 is 17.5 Å². The second-order valence-electron chi connectivity index (χ2n) is 3.72. The first-order valence-corrected chi connectivity index (χ1v) is 5.34. The minimum Gasteiger partial charge on any atom is -0.507 e. The fraction of sp³-hybridized carbons (Fsp3) is 0. The molecule has 2 N–H and O–H groups in total. The fourth-order valence-corrected chi connectivity index (χ4v) is 1.49. The predicted octanol–water partition coefficient (Wildman–Crippen LogP) is 1.42. The molecular formula is C13H10N2O4. The lowest BCUT2D eigenvalue weighted by Gasteiger charge is -2.04. The highest BCUT2D eigenvalue weighted by Crippen LogP contribution is 2.15. The van der Waals surface area contributed by atoms with Crippen LogP contribution in [0.2, 0.25) is 0 Å². The molecule has 0 aliphatic heterocycles. The molecule has 0 fully saturated rings. The van der Waals surface area contributed by atoms with Crippen LogP contribution in [0.25, 0.3) is 11.4 Å². The largest absolute Gasteiger partial charge is 0.507 e. The molecule has 0 saturated carbocycles. The van der Waals surface area contributed by atoms with Gasteiger partial charge in [0.1, 0.15) is 5.76 Å². The quantitative estimate of drug-likeness (QED) is 0.491. The maximum absolute atomic E-state index is 10.9. The maximum Gasteiger partial charge on any atom is 0.376 e. The molecule has 0 unspecified atom stereocenters. The summed E-state index contributed by atoms with van der Waals surface area (Å²) in [7, 11) is 0. The van der Waals surface area contributed by atoms with Crippen LogP contribution in [-0.2, 0) is 9.59 Å². The number of carbonyl (C=O) groups is 2. The number of ketones is 1. The van der Waals surface area contributed by atoms with Crippen molar-refractivity contribution in [3.05, 3.63) is 54.6 Å². The predicted molar refractivity (Wildman–Crippen MR) is 66.8 cm³/mol. The molecule has 0 atom stereocenters. The summed E-state index contributed by atoms with van der Waals surface area (Å²) in [5.41, 5.74) is 1.19. The van der Waals surface area contributed by atoms with E-state index in [1.165, 1.54) is 0 Å². The van der Waals surface area contributed by atoms with E-state index in [1.807, 2.05) is 0 Å². The molecule has 2 rings (SSSR count). The van der Waals surface area contributed by atoms with Gasteiger partial charge in [0.2, 0.25) is 0 Å². The van der Waals surface area contributed by atoms with Crippen LogP contribution >= 0.6 is 0 Å². The second-order valence-corrected chi connectivity index (χ2v) is 3.72. The molecule has 1 aromatic carbocycles. The minimum atomic E-state index is -1.61. The van der Waals surface area contributed by atoms with Crippen LogP contribution in [-0.4, -0.2) is 31.5 Å². The van der Waals surface area contributed by atoms with E-state index in [1.54, 1.807) is 47.6 Å².